The van der Waals surface area contributed by atoms with Crippen LogP contribution in [-0.4, -0.2) is 163 Å². The average Bonchev–Trinajstić information content (AvgIpc) is 3.59. The van der Waals surface area contributed by atoms with Gasteiger partial charge in [0.2, 0.25) is 5.91 Å². The van der Waals surface area contributed by atoms with Crippen LogP contribution in [0.15, 0.2) is 85.3 Å². The highest BCUT2D eigenvalue weighted by Gasteiger charge is 2.40. The second-order valence-corrected chi connectivity index (χ2v) is 18.1. The number of ether oxygens (including phenoxy) is 5. The van der Waals surface area contributed by atoms with E-state index in [0.717, 1.165) is 54.3 Å². The first-order valence-electron chi connectivity index (χ1n) is 23.6. The van der Waals surface area contributed by atoms with Gasteiger partial charge in [0.25, 0.3) is 5.91 Å². The predicted molar refractivity (Wildman–Crippen MR) is 258 cm³/mol. The number of amides is 2. The van der Waals surface area contributed by atoms with Gasteiger partial charge in [-0.2, -0.15) is 0 Å². The monoisotopic (exact) mass is 927 g/mol. The van der Waals surface area contributed by atoms with Crippen LogP contribution in [0.4, 0.5) is 15.8 Å². The number of likely N-dealkylation sites (N-methyl/N-ethyl adjacent to an activating group) is 1. The highest BCUT2D eigenvalue weighted by molar-refractivity contribution is 6.04. The number of hydrogen-bond donors (Lipinski definition) is 3. The van der Waals surface area contributed by atoms with Gasteiger partial charge in [-0.05, 0) is 86.5 Å². The van der Waals surface area contributed by atoms with E-state index in [2.05, 4.69) is 71.5 Å². The molecule has 2 amide bonds. The lowest BCUT2D eigenvalue weighted by Crippen LogP contribution is -2.60. The molecule has 0 unspecified atom stereocenters. The molecule has 0 radical (unpaired) electrons. The third kappa shape index (κ3) is 16.8. The number of aromatic nitrogens is 2. The summed E-state index contributed by atoms with van der Waals surface area (Å²) in [5.41, 5.74) is 5.94. The molecule has 4 heterocycles. The van der Waals surface area contributed by atoms with Gasteiger partial charge in [-0.3, -0.25) is 24.5 Å². The zero-order valence-electron chi connectivity index (χ0n) is 40.0. The highest BCUT2D eigenvalue weighted by atomic mass is 19.1. The first-order valence-corrected chi connectivity index (χ1v) is 23.6. The normalized spacial score (nSPS) is 17.4. The second kappa shape index (κ2) is 26.7. The van der Waals surface area contributed by atoms with Crippen molar-refractivity contribution < 1.29 is 37.7 Å². The van der Waals surface area contributed by atoms with Crippen LogP contribution in [0.25, 0.3) is 0 Å². The molecule has 1 saturated heterocycles. The summed E-state index contributed by atoms with van der Waals surface area (Å²) in [5.74, 6) is -0.334. The maximum atomic E-state index is 14.1. The quantitative estimate of drug-likeness (QED) is 0.0649. The number of rotatable bonds is 28. The highest BCUT2D eigenvalue weighted by Crippen LogP contribution is 2.40. The summed E-state index contributed by atoms with van der Waals surface area (Å²) >= 11 is 0. The van der Waals surface area contributed by atoms with E-state index in [1.165, 1.54) is 12.1 Å². The number of anilines is 2. The third-order valence-electron chi connectivity index (χ3n) is 12.0. The van der Waals surface area contributed by atoms with E-state index in [0.29, 0.717) is 103 Å². The smallest absolute Gasteiger partial charge is 0.255 e. The minimum Gasteiger partial charge on any atom is -0.378 e. The number of hydrogen-bond acceptors (Lipinski definition) is 13. The Balaban J connectivity index is 0.754. The molecule has 67 heavy (non-hydrogen) atoms. The van der Waals surface area contributed by atoms with Crippen molar-refractivity contribution in [2.24, 2.45) is 0 Å². The molecule has 0 spiro atoms. The molecule has 2 aromatic heterocycles. The molecule has 0 aliphatic carbocycles. The van der Waals surface area contributed by atoms with Gasteiger partial charge in [0.1, 0.15) is 5.82 Å². The van der Waals surface area contributed by atoms with Gasteiger partial charge in [0, 0.05) is 92.7 Å². The van der Waals surface area contributed by atoms with E-state index in [9.17, 15) is 14.0 Å². The molecule has 0 saturated carbocycles. The largest absolute Gasteiger partial charge is 0.378 e. The van der Waals surface area contributed by atoms with Gasteiger partial charge in [0.05, 0.1) is 84.0 Å². The Labute approximate surface area is 396 Å². The molecule has 2 aliphatic rings. The molecule has 3 atom stereocenters. The SMILES string of the molecule is C[C@@H]1CN(CC(=O)N2CC(C)(C)c3ncc(Cc4ccc(F)cc4)cc32)[C@@H](CN(C)CCOCCOCCOCCOCCOCCN[C@H](C)c2ccc(C(=O)Nc3ccncc3)cc2)CN1. The molecule has 6 rings (SSSR count). The summed E-state index contributed by atoms with van der Waals surface area (Å²) < 4.78 is 42.0. The van der Waals surface area contributed by atoms with Crippen LogP contribution in [0.5, 0.6) is 0 Å². The van der Waals surface area contributed by atoms with Gasteiger partial charge in [0.15, 0.2) is 0 Å². The molecule has 2 aromatic carbocycles. The van der Waals surface area contributed by atoms with Crippen molar-refractivity contribution in [1.29, 1.82) is 0 Å². The number of halogens is 1. The fourth-order valence-electron chi connectivity index (χ4n) is 8.28. The fraction of sp³-hybridized carbons (Fsp3) is 0.529. The van der Waals surface area contributed by atoms with Crippen molar-refractivity contribution in [2.45, 2.75) is 57.7 Å². The van der Waals surface area contributed by atoms with Crippen LogP contribution in [-0.2, 0) is 40.3 Å². The van der Waals surface area contributed by atoms with E-state index < -0.39 is 0 Å². The van der Waals surface area contributed by atoms with Gasteiger partial charge >= 0.3 is 0 Å². The number of carbonyl (C=O) groups is 2. The van der Waals surface area contributed by atoms with Crippen LogP contribution in [0.3, 0.4) is 0 Å². The molecular formula is C51H71FN8O7. The Bertz CT molecular complexity index is 2100. The molecule has 364 valence electrons. The van der Waals surface area contributed by atoms with Gasteiger partial charge < -0.3 is 49.4 Å². The number of benzene rings is 2. The Morgan fingerprint density at radius 2 is 1.49 bits per heavy atom. The van der Waals surface area contributed by atoms with E-state index in [1.54, 1.807) is 36.7 Å². The summed E-state index contributed by atoms with van der Waals surface area (Å²) in [6.45, 7) is 18.4. The summed E-state index contributed by atoms with van der Waals surface area (Å²) in [6, 6.07) is 20.3. The second-order valence-electron chi connectivity index (χ2n) is 18.1. The minimum atomic E-state index is -0.259. The molecule has 2 aliphatic heterocycles. The van der Waals surface area contributed by atoms with Crippen LogP contribution in [0.1, 0.15) is 66.5 Å². The van der Waals surface area contributed by atoms with E-state index >= 15 is 0 Å². The van der Waals surface area contributed by atoms with E-state index in [-0.39, 0.29) is 41.2 Å². The fourth-order valence-corrected chi connectivity index (χ4v) is 8.28. The standard InChI is InChI=1S/C51H71FN8O7/c1-38-34-59(36-48(61)60-37-51(3,4)49-47(60)31-41(32-56-49)30-40-6-12-44(52)13-7-40)46(33-55-38)35-58(5)19-21-64-23-25-66-27-29-67-28-26-65-24-22-63-20-18-54-39(2)42-8-10-43(11-9-42)50(62)57-45-14-16-53-17-15-45/h6-17,31-32,38-39,46,54-55H,18-30,33-37H2,1-5H3,(H,53,57,62)/t38-,39-,46-/m1/s1. The third-order valence-corrected chi connectivity index (χ3v) is 12.0. The summed E-state index contributed by atoms with van der Waals surface area (Å²) in [5, 5.41) is 9.92. The average molecular weight is 927 g/mol. The van der Waals surface area contributed by atoms with Crippen molar-refractivity contribution in [1.82, 2.24) is 30.4 Å². The summed E-state index contributed by atoms with van der Waals surface area (Å²) in [7, 11) is 2.10. The van der Waals surface area contributed by atoms with E-state index in [1.807, 2.05) is 35.4 Å². The number of pyridine rings is 2. The maximum absolute atomic E-state index is 14.1. The number of piperazine rings is 1. The first-order chi connectivity index (χ1) is 32.4. The van der Waals surface area contributed by atoms with Crippen molar-refractivity contribution in [3.05, 3.63) is 119 Å². The molecule has 16 heteroatoms. The Morgan fingerprint density at radius 1 is 0.866 bits per heavy atom. The molecule has 3 N–H and O–H groups in total. The summed E-state index contributed by atoms with van der Waals surface area (Å²) in [6.07, 6.45) is 5.79. The molecular weight excluding hydrogens is 856 g/mol. The summed E-state index contributed by atoms with van der Waals surface area (Å²) in [4.78, 5) is 41.9. The zero-order chi connectivity index (χ0) is 47.4. The minimum absolute atomic E-state index is 0.0806. The van der Waals surface area contributed by atoms with Crippen molar-refractivity contribution >= 4 is 23.2 Å². The lowest BCUT2D eigenvalue weighted by molar-refractivity contribution is -0.120. The first kappa shape index (κ1) is 51.6. The van der Waals surface area contributed by atoms with Gasteiger partial charge in [-0.25, -0.2) is 4.39 Å². The van der Waals surface area contributed by atoms with Crippen LogP contribution in [0, 0.1) is 5.82 Å². The van der Waals surface area contributed by atoms with Gasteiger partial charge in [-0.1, -0.05) is 38.1 Å². The lowest BCUT2D eigenvalue weighted by atomic mass is 9.91. The Kier molecular flexibility index (Phi) is 20.6. The Morgan fingerprint density at radius 3 is 2.15 bits per heavy atom. The number of carbonyl (C=O) groups excluding carboxylic acids is 2. The Hall–Kier alpha value is -4.75. The van der Waals surface area contributed by atoms with Gasteiger partial charge in [-0.15, -0.1) is 0 Å². The molecule has 4 aromatic rings. The molecule has 15 nitrogen and oxygen atoms in total. The van der Waals surface area contributed by atoms with Crippen molar-refractivity contribution in [3.63, 3.8) is 0 Å². The van der Waals surface area contributed by atoms with Crippen LogP contribution >= 0.6 is 0 Å². The van der Waals surface area contributed by atoms with Crippen molar-refractivity contribution in [3.8, 4) is 0 Å². The topological polar surface area (TPSA) is 152 Å². The predicted octanol–water partition coefficient (Wildman–Crippen LogP) is 5.11. The molecule has 1 fully saturated rings. The van der Waals surface area contributed by atoms with Crippen molar-refractivity contribution in [2.75, 3.05) is 129 Å². The van der Waals surface area contributed by atoms with E-state index in [4.69, 9.17) is 28.7 Å². The maximum Gasteiger partial charge on any atom is 0.255 e. The number of fused-ring (bicyclic) bond motifs is 1. The molecule has 0 bridgehead atoms. The number of nitrogens with one attached hydrogen (secondary N) is 3. The van der Waals surface area contributed by atoms with Crippen LogP contribution < -0.4 is 20.9 Å². The van der Waals surface area contributed by atoms with Crippen LogP contribution in [0.2, 0.25) is 0 Å². The lowest BCUT2D eigenvalue weighted by Gasteiger charge is -2.41. The number of nitrogens with zero attached hydrogens (tertiary/aromatic N) is 5. The zero-order valence-corrected chi connectivity index (χ0v) is 40.0.